The quantitative estimate of drug-likeness (QED) is 0.864. The fourth-order valence-corrected chi connectivity index (χ4v) is 1.71. The van der Waals surface area contributed by atoms with Gasteiger partial charge in [0.1, 0.15) is 17.6 Å². The van der Waals surface area contributed by atoms with E-state index in [1.54, 1.807) is 25.3 Å². The Morgan fingerprint density at radius 1 is 1.06 bits per heavy atom. The fourth-order valence-electron chi connectivity index (χ4n) is 1.71. The molecule has 0 amide bonds. The summed E-state index contributed by atoms with van der Waals surface area (Å²) in [5, 5.41) is 20.3. The van der Waals surface area contributed by atoms with Gasteiger partial charge in [-0.2, -0.15) is 0 Å². The van der Waals surface area contributed by atoms with Crippen LogP contribution >= 0.6 is 0 Å². The highest BCUT2D eigenvalue weighted by Crippen LogP contribution is 2.36. The van der Waals surface area contributed by atoms with Crippen LogP contribution in [0.2, 0.25) is 0 Å². The van der Waals surface area contributed by atoms with E-state index in [9.17, 15) is 10.2 Å². The summed E-state index contributed by atoms with van der Waals surface area (Å²) in [6, 6.07) is 5.13. The van der Waals surface area contributed by atoms with Crippen LogP contribution in [0.5, 0.6) is 11.5 Å². The summed E-state index contributed by atoms with van der Waals surface area (Å²) < 4.78 is 10.3. The van der Waals surface area contributed by atoms with E-state index in [4.69, 9.17) is 9.47 Å². The van der Waals surface area contributed by atoms with Crippen LogP contribution in [0.15, 0.2) is 18.2 Å². The molecule has 0 fully saturated rings. The lowest BCUT2D eigenvalue weighted by molar-refractivity contribution is -0.0466. The highest BCUT2D eigenvalue weighted by atomic mass is 16.5. The van der Waals surface area contributed by atoms with Crippen molar-refractivity contribution in [2.45, 2.75) is 33.0 Å². The third kappa shape index (κ3) is 3.15. The van der Waals surface area contributed by atoms with Crippen LogP contribution in [0.4, 0.5) is 0 Å². The maximum atomic E-state index is 10.2. The molecule has 18 heavy (non-hydrogen) atoms. The summed E-state index contributed by atoms with van der Waals surface area (Å²) in [6.45, 7) is 5.62. The van der Waals surface area contributed by atoms with Crippen LogP contribution in [0.3, 0.4) is 0 Å². The molecule has 4 nitrogen and oxygen atoms in total. The van der Waals surface area contributed by atoms with Crippen molar-refractivity contribution in [3.8, 4) is 11.5 Å². The third-order valence-corrected chi connectivity index (χ3v) is 2.95. The molecule has 0 aliphatic heterocycles. The summed E-state index contributed by atoms with van der Waals surface area (Å²) in [7, 11) is 3.09. The van der Waals surface area contributed by atoms with Crippen LogP contribution < -0.4 is 9.47 Å². The van der Waals surface area contributed by atoms with Gasteiger partial charge in [0.25, 0.3) is 0 Å². The molecule has 0 radical (unpaired) electrons. The Bertz CT molecular complexity index is 395. The molecule has 0 heterocycles. The average Bonchev–Trinajstić information content (AvgIpc) is 2.35. The van der Waals surface area contributed by atoms with Gasteiger partial charge in [-0.3, -0.25) is 0 Å². The van der Waals surface area contributed by atoms with Gasteiger partial charge in [-0.25, -0.2) is 0 Å². The topological polar surface area (TPSA) is 58.9 Å². The second-order valence-corrected chi connectivity index (χ2v) is 5.36. The van der Waals surface area contributed by atoms with Gasteiger partial charge in [0.15, 0.2) is 0 Å². The highest BCUT2D eigenvalue weighted by Gasteiger charge is 2.31. The molecule has 0 aliphatic carbocycles. The van der Waals surface area contributed by atoms with Crippen molar-refractivity contribution in [2.75, 3.05) is 14.2 Å². The van der Waals surface area contributed by atoms with Crippen LogP contribution in [0, 0.1) is 5.41 Å². The second-order valence-electron chi connectivity index (χ2n) is 5.36. The minimum Gasteiger partial charge on any atom is -0.497 e. The first kappa shape index (κ1) is 14.8. The van der Waals surface area contributed by atoms with Crippen LogP contribution in [0.25, 0.3) is 0 Å². The van der Waals surface area contributed by atoms with Gasteiger partial charge in [-0.15, -0.1) is 0 Å². The van der Waals surface area contributed by atoms with Gasteiger partial charge >= 0.3 is 0 Å². The first-order valence-electron chi connectivity index (χ1n) is 5.89. The fraction of sp³-hybridized carbons (Fsp3) is 0.571. The summed E-state index contributed by atoms with van der Waals surface area (Å²) >= 11 is 0. The van der Waals surface area contributed by atoms with Crippen LogP contribution in [-0.4, -0.2) is 30.5 Å². The average molecular weight is 254 g/mol. The van der Waals surface area contributed by atoms with E-state index in [1.165, 1.54) is 7.11 Å². The third-order valence-electron chi connectivity index (χ3n) is 2.95. The molecule has 1 aromatic rings. The molecule has 0 aromatic heterocycles. The molecular weight excluding hydrogens is 232 g/mol. The number of aliphatic hydroxyl groups excluding tert-OH is 2. The van der Waals surface area contributed by atoms with E-state index in [0.29, 0.717) is 17.1 Å². The van der Waals surface area contributed by atoms with E-state index in [0.717, 1.165) is 0 Å². The van der Waals surface area contributed by atoms with Gasteiger partial charge in [-0.05, 0) is 17.5 Å². The van der Waals surface area contributed by atoms with E-state index < -0.39 is 17.6 Å². The summed E-state index contributed by atoms with van der Waals surface area (Å²) in [5.74, 6) is 1.15. The molecule has 2 unspecified atom stereocenters. The van der Waals surface area contributed by atoms with Crippen molar-refractivity contribution < 1.29 is 19.7 Å². The molecule has 0 aliphatic rings. The molecule has 0 bridgehead atoms. The molecule has 1 aromatic carbocycles. The SMILES string of the molecule is COc1ccc(C(O)C(O)C(C)(C)C)c(OC)c1. The normalized spacial score (nSPS) is 15.1. The predicted octanol–water partition coefficient (Wildman–Crippen LogP) is 2.14. The standard InChI is InChI=1S/C14H22O4/c1-14(2,3)13(16)12(15)10-7-6-9(17-4)8-11(10)18-5/h6-8,12-13,15-16H,1-5H3. The first-order valence-corrected chi connectivity index (χ1v) is 5.89. The Balaban J connectivity index is 3.09. The van der Waals surface area contributed by atoms with E-state index in [1.807, 2.05) is 20.8 Å². The Morgan fingerprint density at radius 2 is 1.67 bits per heavy atom. The first-order chi connectivity index (χ1) is 8.31. The monoisotopic (exact) mass is 254 g/mol. The zero-order chi connectivity index (χ0) is 13.9. The molecule has 0 spiro atoms. The molecule has 0 saturated carbocycles. The lowest BCUT2D eigenvalue weighted by atomic mass is 9.83. The maximum Gasteiger partial charge on any atom is 0.128 e. The van der Waals surface area contributed by atoms with Crippen molar-refractivity contribution in [1.82, 2.24) is 0 Å². The van der Waals surface area contributed by atoms with Gasteiger partial charge in [0.05, 0.1) is 20.3 Å². The van der Waals surface area contributed by atoms with Gasteiger partial charge in [-0.1, -0.05) is 20.8 Å². The van der Waals surface area contributed by atoms with Gasteiger partial charge in [0, 0.05) is 11.6 Å². The molecule has 2 N–H and O–H groups in total. The van der Waals surface area contributed by atoms with Crippen molar-refractivity contribution in [1.29, 1.82) is 0 Å². The van der Waals surface area contributed by atoms with Gasteiger partial charge < -0.3 is 19.7 Å². The molecule has 2 atom stereocenters. The Morgan fingerprint density at radius 3 is 2.11 bits per heavy atom. The van der Waals surface area contributed by atoms with Crippen molar-refractivity contribution >= 4 is 0 Å². The van der Waals surface area contributed by atoms with E-state index in [2.05, 4.69) is 0 Å². The number of rotatable bonds is 4. The summed E-state index contributed by atoms with van der Waals surface area (Å²) in [6.07, 6.45) is -1.87. The number of hydrogen-bond acceptors (Lipinski definition) is 4. The number of benzene rings is 1. The zero-order valence-corrected chi connectivity index (χ0v) is 11.6. The molecule has 1 rings (SSSR count). The number of ether oxygens (including phenoxy) is 2. The van der Waals surface area contributed by atoms with Crippen molar-refractivity contribution in [2.24, 2.45) is 5.41 Å². The molecular formula is C14H22O4. The maximum absolute atomic E-state index is 10.2. The van der Waals surface area contributed by atoms with Crippen LogP contribution in [-0.2, 0) is 0 Å². The molecule has 102 valence electrons. The van der Waals surface area contributed by atoms with Gasteiger partial charge in [0.2, 0.25) is 0 Å². The number of methoxy groups -OCH3 is 2. The minimum atomic E-state index is -0.995. The lowest BCUT2D eigenvalue weighted by Crippen LogP contribution is -2.32. The smallest absolute Gasteiger partial charge is 0.128 e. The van der Waals surface area contributed by atoms with Crippen molar-refractivity contribution in [3.63, 3.8) is 0 Å². The lowest BCUT2D eigenvalue weighted by Gasteiger charge is -2.30. The minimum absolute atomic E-state index is 0.412. The second kappa shape index (κ2) is 5.59. The highest BCUT2D eigenvalue weighted by molar-refractivity contribution is 5.42. The Kier molecular flexibility index (Phi) is 4.59. The Labute approximate surface area is 108 Å². The zero-order valence-electron chi connectivity index (χ0n) is 11.6. The summed E-state index contributed by atoms with van der Waals surface area (Å²) in [4.78, 5) is 0. The van der Waals surface area contributed by atoms with Crippen LogP contribution in [0.1, 0.15) is 32.4 Å². The number of hydrogen-bond donors (Lipinski definition) is 2. The summed E-state index contributed by atoms with van der Waals surface area (Å²) in [5.41, 5.74) is 0.144. The largest absolute Gasteiger partial charge is 0.497 e. The molecule has 0 saturated heterocycles. The number of aliphatic hydroxyl groups is 2. The van der Waals surface area contributed by atoms with E-state index in [-0.39, 0.29) is 0 Å². The Hall–Kier alpha value is -1.26. The van der Waals surface area contributed by atoms with E-state index >= 15 is 0 Å². The molecule has 4 heteroatoms. The predicted molar refractivity (Wildman–Crippen MR) is 70.0 cm³/mol. The van der Waals surface area contributed by atoms with Crippen molar-refractivity contribution in [3.05, 3.63) is 23.8 Å².